The summed E-state index contributed by atoms with van der Waals surface area (Å²) in [5, 5.41) is 0.710. The predicted molar refractivity (Wildman–Crippen MR) is 54.8 cm³/mol. The summed E-state index contributed by atoms with van der Waals surface area (Å²) in [6.07, 6.45) is 4.56. The number of ether oxygens (including phenoxy) is 2. The molecule has 0 aromatic carbocycles. The summed E-state index contributed by atoms with van der Waals surface area (Å²) in [4.78, 5) is 22.8. The number of pyridine rings is 1. The van der Waals surface area contributed by atoms with Crippen molar-refractivity contribution in [3.63, 3.8) is 0 Å². The van der Waals surface area contributed by atoms with E-state index in [1.165, 1.54) is 13.4 Å². The lowest BCUT2D eigenvalue weighted by atomic mass is 10.3. The fourth-order valence-electron chi connectivity index (χ4n) is 1.18. The minimum Gasteiger partial charge on any atom is -0.466 e. The van der Waals surface area contributed by atoms with Crippen LogP contribution < -0.4 is 4.74 Å². The number of nitrogens with zero attached hydrogens (tertiary/aromatic N) is 3. The van der Waals surface area contributed by atoms with Crippen molar-refractivity contribution in [3.8, 4) is 5.88 Å². The van der Waals surface area contributed by atoms with Crippen LogP contribution in [0.1, 0.15) is 0 Å². The Bertz CT molecular complexity index is 510. The molecule has 0 fully saturated rings. The minimum absolute atomic E-state index is 0.176. The van der Waals surface area contributed by atoms with Crippen LogP contribution in [-0.4, -0.2) is 34.6 Å². The Morgan fingerprint density at radius 3 is 3.12 bits per heavy atom. The molecule has 6 heteroatoms. The minimum atomic E-state index is -0.458. The predicted octanol–water partition coefficient (Wildman–Crippen LogP) is 0.577. The van der Waals surface area contributed by atoms with E-state index < -0.39 is 5.97 Å². The van der Waals surface area contributed by atoms with Crippen LogP contribution in [0, 0.1) is 0 Å². The van der Waals surface area contributed by atoms with Crippen molar-refractivity contribution in [2.75, 3.05) is 13.7 Å². The molecule has 2 rings (SSSR count). The summed E-state index contributed by atoms with van der Waals surface area (Å²) in [6.45, 7) is -0.176. The topological polar surface area (TPSA) is 74.2 Å². The molecule has 0 unspecified atom stereocenters. The highest BCUT2D eigenvalue weighted by molar-refractivity contribution is 5.82. The Morgan fingerprint density at radius 2 is 2.31 bits per heavy atom. The van der Waals surface area contributed by atoms with E-state index in [0.717, 1.165) is 0 Å². The maximum Gasteiger partial charge on any atom is 0.343 e. The normalized spacial score (nSPS) is 10.1. The Balaban J connectivity index is 2.27. The SMILES string of the molecule is COC(=O)COc1ncnc2cnccc12. The van der Waals surface area contributed by atoms with Gasteiger partial charge < -0.3 is 9.47 Å². The highest BCUT2D eigenvalue weighted by Crippen LogP contribution is 2.19. The van der Waals surface area contributed by atoms with Gasteiger partial charge in [-0.3, -0.25) is 4.98 Å². The molecular weight excluding hydrogens is 210 g/mol. The molecule has 0 amide bonds. The summed E-state index contributed by atoms with van der Waals surface area (Å²) >= 11 is 0. The molecule has 0 saturated heterocycles. The Labute approximate surface area is 91.3 Å². The van der Waals surface area contributed by atoms with Crippen molar-refractivity contribution in [3.05, 3.63) is 24.8 Å². The van der Waals surface area contributed by atoms with Gasteiger partial charge in [-0.1, -0.05) is 0 Å². The molecule has 2 aromatic heterocycles. The number of carbonyl (C=O) groups is 1. The number of aromatic nitrogens is 3. The van der Waals surface area contributed by atoms with Gasteiger partial charge >= 0.3 is 5.97 Å². The van der Waals surface area contributed by atoms with Gasteiger partial charge in [0.15, 0.2) is 6.61 Å². The lowest BCUT2D eigenvalue weighted by Crippen LogP contribution is -2.13. The third-order valence-corrected chi connectivity index (χ3v) is 1.96. The molecule has 2 heterocycles. The van der Waals surface area contributed by atoms with Gasteiger partial charge in [-0.05, 0) is 6.07 Å². The average Bonchev–Trinajstić information content (AvgIpc) is 2.35. The van der Waals surface area contributed by atoms with Crippen LogP contribution in [0.5, 0.6) is 5.88 Å². The first kappa shape index (κ1) is 10.3. The molecule has 2 aromatic rings. The van der Waals surface area contributed by atoms with Crippen molar-refractivity contribution in [2.45, 2.75) is 0 Å². The van der Waals surface area contributed by atoms with E-state index in [1.807, 2.05) is 0 Å². The summed E-state index contributed by atoms with van der Waals surface area (Å²) in [5.41, 5.74) is 0.664. The molecule has 0 aliphatic rings. The van der Waals surface area contributed by atoms with E-state index in [9.17, 15) is 4.79 Å². The van der Waals surface area contributed by atoms with E-state index in [4.69, 9.17) is 4.74 Å². The maximum absolute atomic E-state index is 10.9. The van der Waals surface area contributed by atoms with Crippen LogP contribution in [0.25, 0.3) is 10.9 Å². The number of esters is 1. The van der Waals surface area contributed by atoms with Gasteiger partial charge in [-0.15, -0.1) is 0 Å². The second-order valence-corrected chi connectivity index (χ2v) is 2.94. The first-order valence-electron chi connectivity index (χ1n) is 4.55. The Kier molecular flexibility index (Phi) is 2.90. The van der Waals surface area contributed by atoms with Crippen LogP contribution in [-0.2, 0) is 9.53 Å². The van der Waals surface area contributed by atoms with E-state index in [2.05, 4.69) is 19.7 Å². The van der Waals surface area contributed by atoms with Crippen molar-refractivity contribution in [1.82, 2.24) is 15.0 Å². The first-order chi connectivity index (χ1) is 7.81. The molecule has 0 aliphatic carbocycles. The highest BCUT2D eigenvalue weighted by atomic mass is 16.6. The number of rotatable bonds is 3. The van der Waals surface area contributed by atoms with Gasteiger partial charge in [0.05, 0.1) is 24.2 Å². The van der Waals surface area contributed by atoms with Crippen molar-refractivity contribution < 1.29 is 14.3 Å². The van der Waals surface area contributed by atoms with Crippen molar-refractivity contribution in [1.29, 1.82) is 0 Å². The first-order valence-corrected chi connectivity index (χ1v) is 4.55. The van der Waals surface area contributed by atoms with Gasteiger partial charge in [0.1, 0.15) is 6.33 Å². The number of hydrogen-bond donors (Lipinski definition) is 0. The quantitative estimate of drug-likeness (QED) is 0.703. The zero-order valence-corrected chi connectivity index (χ0v) is 8.58. The Hall–Kier alpha value is -2.24. The van der Waals surface area contributed by atoms with E-state index in [1.54, 1.807) is 18.5 Å². The molecule has 82 valence electrons. The monoisotopic (exact) mass is 219 g/mol. The van der Waals surface area contributed by atoms with Crippen molar-refractivity contribution >= 4 is 16.9 Å². The number of fused-ring (bicyclic) bond motifs is 1. The lowest BCUT2D eigenvalue weighted by molar-refractivity contribution is -0.142. The molecule has 0 spiro atoms. The fraction of sp³-hybridized carbons (Fsp3) is 0.200. The summed E-state index contributed by atoms with van der Waals surface area (Å²) < 4.78 is 9.68. The highest BCUT2D eigenvalue weighted by Gasteiger charge is 2.07. The molecule has 0 radical (unpaired) electrons. The molecule has 0 atom stereocenters. The summed E-state index contributed by atoms with van der Waals surface area (Å²) in [7, 11) is 1.30. The second kappa shape index (κ2) is 4.52. The Morgan fingerprint density at radius 1 is 1.44 bits per heavy atom. The summed E-state index contributed by atoms with van der Waals surface area (Å²) in [6, 6.07) is 1.72. The third-order valence-electron chi connectivity index (χ3n) is 1.96. The largest absolute Gasteiger partial charge is 0.466 e. The zero-order chi connectivity index (χ0) is 11.4. The molecule has 0 saturated carbocycles. The van der Waals surface area contributed by atoms with Crippen LogP contribution in [0.15, 0.2) is 24.8 Å². The van der Waals surface area contributed by atoms with E-state index >= 15 is 0 Å². The standard InChI is InChI=1S/C10H9N3O3/c1-15-9(14)5-16-10-7-2-3-11-4-8(7)12-6-13-10/h2-4,6H,5H2,1H3. The summed E-state index contributed by atoms with van der Waals surface area (Å²) in [5.74, 6) is -0.112. The second-order valence-electron chi connectivity index (χ2n) is 2.94. The van der Waals surface area contributed by atoms with Crippen LogP contribution in [0.2, 0.25) is 0 Å². The maximum atomic E-state index is 10.9. The molecule has 16 heavy (non-hydrogen) atoms. The molecule has 6 nitrogen and oxygen atoms in total. The third kappa shape index (κ3) is 2.05. The van der Waals surface area contributed by atoms with Crippen LogP contribution >= 0.6 is 0 Å². The molecule has 0 aliphatic heterocycles. The van der Waals surface area contributed by atoms with Gasteiger partial charge in [0.25, 0.3) is 0 Å². The van der Waals surface area contributed by atoms with Gasteiger partial charge in [-0.2, -0.15) is 0 Å². The van der Waals surface area contributed by atoms with Gasteiger partial charge in [0, 0.05) is 6.20 Å². The lowest BCUT2D eigenvalue weighted by Gasteiger charge is -2.05. The number of hydrogen-bond acceptors (Lipinski definition) is 6. The number of methoxy groups -OCH3 is 1. The van der Waals surface area contributed by atoms with Crippen molar-refractivity contribution in [2.24, 2.45) is 0 Å². The van der Waals surface area contributed by atoms with Gasteiger partial charge in [-0.25, -0.2) is 14.8 Å². The fourth-order valence-corrected chi connectivity index (χ4v) is 1.18. The molecular formula is C10H9N3O3. The van der Waals surface area contributed by atoms with Crippen LogP contribution in [0.3, 0.4) is 0 Å². The smallest absolute Gasteiger partial charge is 0.343 e. The zero-order valence-electron chi connectivity index (χ0n) is 8.58. The number of carbonyl (C=O) groups excluding carboxylic acids is 1. The average molecular weight is 219 g/mol. The van der Waals surface area contributed by atoms with E-state index in [-0.39, 0.29) is 6.61 Å². The molecule has 0 N–H and O–H groups in total. The molecule has 0 bridgehead atoms. The van der Waals surface area contributed by atoms with Gasteiger partial charge in [0.2, 0.25) is 5.88 Å². The van der Waals surface area contributed by atoms with E-state index in [0.29, 0.717) is 16.8 Å². The van der Waals surface area contributed by atoms with Crippen LogP contribution in [0.4, 0.5) is 0 Å².